The van der Waals surface area contributed by atoms with Gasteiger partial charge in [-0.05, 0) is 37.1 Å². The lowest BCUT2D eigenvalue weighted by Gasteiger charge is -2.23. The Kier molecular flexibility index (Phi) is 5.28. The Bertz CT molecular complexity index is 607. The molecule has 6 nitrogen and oxygen atoms in total. The first-order valence-corrected chi connectivity index (χ1v) is 9.16. The quantitative estimate of drug-likeness (QED) is 0.794. The van der Waals surface area contributed by atoms with Crippen LogP contribution in [0, 0.1) is 0 Å². The number of amides is 1. The van der Waals surface area contributed by atoms with Gasteiger partial charge < -0.3 is 9.64 Å². The average Bonchev–Trinajstić information content (AvgIpc) is 3.01. The molecule has 0 saturated carbocycles. The summed E-state index contributed by atoms with van der Waals surface area (Å²) >= 11 is 0. The van der Waals surface area contributed by atoms with Crippen molar-refractivity contribution in [2.24, 2.45) is 0 Å². The van der Waals surface area contributed by atoms with Crippen LogP contribution < -0.4 is 9.04 Å². The summed E-state index contributed by atoms with van der Waals surface area (Å²) in [5, 5.41) is 0. The zero-order valence-electron chi connectivity index (χ0n) is 13.0. The zero-order chi connectivity index (χ0) is 16.2. The minimum atomic E-state index is -3.43. The molecule has 122 valence electrons. The zero-order valence-corrected chi connectivity index (χ0v) is 13.8. The van der Waals surface area contributed by atoms with Crippen LogP contribution in [0.2, 0.25) is 0 Å². The molecular formula is C15H22N2O4S. The van der Waals surface area contributed by atoms with E-state index >= 15 is 0 Å². The van der Waals surface area contributed by atoms with Crippen molar-refractivity contribution in [3.05, 3.63) is 24.3 Å². The SMILES string of the molecule is COc1ccc(N(CCC(=O)N2CCCC2)S(C)(=O)=O)cc1. The second kappa shape index (κ2) is 7.00. The molecular weight excluding hydrogens is 304 g/mol. The van der Waals surface area contributed by atoms with E-state index in [2.05, 4.69) is 0 Å². The monoisotopic (exact) mass is 326 g/mol. The number of carbonyl (C=O) groups is 1. The summed E-state index contributed by atoms with van der Waals surface area (Å²) in [6.45, 7) is 1.71. The van der Waals surface area contributed by atoms with Gasteiger partial charge in [0, 0.05) is 26.1 Å². The average molecular weight is 326 g/mol. The fourth-order valence-corrected chi connectivity index (χ4v) is 3.48. The lowest BCUT2D eigenvalue weighted by atomic mass is 10.3. The van der Waals surface area contributed by atoms with E-state index in [0.717, 1.165) is 32.2 Å². The summed E-state index contributed by atoms with van der Waals surface area (Å²) in [5.74, 6) is 0.671. The first kappa shape index (κ1) is 16.6. The van der Waals surface area contributed by atoms with Gasteiger partial charge in [-0.25, -0.2) is 8.42 Å². The van der Waals surface area contributed by atoms with Crippen LogP contribution in [0.3, 0.4) is 0 Å². The maximum atomic E-state index is 12.1. The lowest BCUT2D eigenvalue weighted by molar-refractivity contribution is -0.129. The van der Waals surface area contributed by atoms with Gasteiger partial charge in [0.2, 0.25) is 15.9 Å². The van der Waals surface area contributed by atoms with Crippen molar-refractivity contribution in [2.75, 3.05) is 37.3 Å². The van der Waals surface area contributed by atoms with Gasteiger partial charge in [0.1, 0.15) is 5.75 Å². The number of nitrogens with zero attached hydrogens (tertiary/aromatic N) is 2. The van der Waals surface area contributed by atoms with E-state index in [1.165, 1.54) is 4.31 Å². The molecule has 0 aliphatic carbocycles. The smallest absolute Gasteiger partial charge is 0.232 e. The summed E-state index contributed by atoms with van der Waals surface area (Å²) in [6.07, 6.45) is 3.40. The number of methoxy groups -OCH3 is 1. The predicted molar refractivity (Wildman–Crippen MR) is 85.6 cm³/mol. The molecule has 0 aromatic heterocycles. The van der Waals surface area contributed by atoms with E-state index < -0.39 is 10.0 Å². The minimum absolute atomic E-state index is 0.0136. The molecule has 0 N–H and O–H groups in total. The normalized spacial score (nSPS) is 14.9. The van der Waals surface area contributed by atoms with Crippen LogP contribution in [0.1, 0.15) is 19.3 Å². The summed E-state index contributed by atoms with van der Waals surface area (Å²) < 4.78 is 30.3. The van der Waals surface area contributed by atoms with Crippen LogP contribution in [0.15, 0.2) is 24.3 Å². The predicted octanol–water partition coefficient (Wildman–Crippen LogP) is 1.47. The number of hydrogen-bond donors (Lipinski definition) is 0. The topological polar surface area (TPSA) is 66.9 Å². The van der Waals surface area contributed by atoms with Gasteiger partial charge in [-0.1, -0.05) is 0 Å². The van der Waals surface area contributed by atoms with Crippen LogP contribution in [-0.4, -0.2) is 52.2 Å². The molecule has 1 amide bonds. The number of ether oxygens (including phenoxy) is 1. The molecule has 1 aliphatic heterocycles. The third kappa shape index (κ3) is 4.13. The van der Waals surface area contributed by atoms with Gasteiger partial charge >= 0.3 is 0 Å². The molecule has 7 heteroatoms. The van der Waals surface area contributed by atoms with E-state index in [1.807, 2.05) is 0 Å². The van der Waals surface area contributed by atoms with Crippen molar-refractivity contribution in [3.8, 4) is 5.75 Å². The maximum absolute atomic E-state index is 12.1. The maximum Gasteiger partial charge on any atom is 0.232 e. The third-order valence-corrected chi connectivity index (χ3v) is 4.94. The van der Waals surface area contributed by atoms with Gasteiger partial charge in [-0.3, -0.25) is 9.10 Å². The molecule has 1 aromatic rings. The molecule has 1 saturated heterocycles. The van der Waals surface area contributed by atoms with Crippen molar-refractivity contribution in [1.29, 1.82) is 0 Å². The Morgan fingerprint density at radius 3 is 2.32 bits per heavy atom. The molecule has 1 fully saturated rings. The minimum Gasteiger partial charge on any atom is -0.497 e. The Morgan fingerprint density at radius 1 is 1.23 bits per heavy atom. The number of sulfonamides is 1. The van der Waals surface area contributed by atoms with Gasteiger partial charge in [-0.15, -0.1) is 0 Å². The Balaban J connectivity index is 2.07. The van der Waals surface area contributed by atoms with Crippen molar-refractivity contribution in [1.82, 2.24) is 4.90 Å². The second-order valence-electron chi connectivity index (χ2n) is 5.37. The Labute approximate surface area is 131 Å². The van der Waals surface area contributed by atoms with Crippen molar-refractivity contribution in [3.63, 3.8) is 0 Å². The van der Waals surface area contributed by atoms with Crippen LogP contribution in [0.5, 0.6) is 5.75 Å². The molecule has 22 heavy (non-hydrogen) atoms. The van der Waals surface area contributed by atoms with E-state index in [-0.39, 0.29) is 18.9 Å². The standard InChI is InChI=1S/C15H22N2O4S/c1-21-14-7-5-13(6-8-14)17(22(2,19)20)12-9-15(18)16-10-3-4-11-16/h5-8H,3-4,9-12H2,1-2H3. The van der Waals surface area contributed by atoms with E-state index in [4.69, 9.17) is 4.74 Å². The van der Waals surface area contributed by atoms with Crippen LogP contribution >= 0.6 is 0 Å². The van der Waals surface area contributed by atoms with Crippen molar-refractivity contribution in [2.45, 2.75) is 19.3 Å². The third-order valence-electron chi connectivity index (χ3n) is 3.75. The molecule has 1 aliphatic rings. The number of likely N-dealkylation sites (tertiary alicyclic amines) is 1. The van der Waals surface area contributed by atoms with Crippen LogP contribution in [-0.2, 0) is 14.8 Å². The lowest BCUT2D eigenvalue weighted by Crippen LogP contribution is -2.35. The number of hydrogen-bond acceptors (Lipinski definition) is 4. The van der Waals surface area contributed by atoms with Gasteiger partial charge in [0.15, 0.2) is 0 Å². The van der Waals surface area contributed by atoms with Crippen molar-refractivity contribution >= 4 is 21.6 Å². The van der Waals surface area contributed by atoms with E-state index in [0.29, 0.717) is 11.4 Å². The summed E-state index contributed by atoms with van der Waals surface area (Å²) in [4.78, 5) is 13.9. The highest BCUT2D eigenvalue weighted by molar-refractivity contribution is 7.92. The van der Waals surface area contributed by atoms with Crippen LogP contribution in [0.25, 0.3) is 0 Å². The molecule has 0 unspecified atom stereocenters. The van der Waals surface area contributed by atoms with Crippen molar-refractivity contribution < 1.29 is 17.9 Å². The summed E-state index contributed by atoms with van der Waals surface area (Å²) in [7, 11) is -1.88. The largest absolute Gasteiger partial charge is 0.497 e. The summed E-state index contributed by atoms with van der Waals surface area (Å²) in [5.41, 5.74) is 0.539. The van der Waals surface area contributed by atoms with Gasteiger partial charge in [0.05, 0.1) is 19.1 Å². The molecule has 0 spiro atoms. The van der Waals surface area contributed by atoms with Crippen LogP contribution in [0.4, 0.5) is 5.69 Å². The Hall–Kier alpha value is -1.76. The fourth-order valence-electron chi connectivity index (χ4n) is 2.56. The highest BCUT2D eigenvalue weighted by Crippen LogP contribution is 2.22. The van der Waals surface area contributed by atoms with E-state index in [9.17, 15) is 13.2 Å². The molecule has 0 radical (unpaired) electrons. The van der Waals surface area contributed by atoms with E-state index in [1.54, 1.807) is 36.3 Å². The second-order valence-corrected chi connectivity index (χ2v) is 7.28. The first-order valence-electron chi connectivity index (χ1n) is 7.31. The number of rotatable bonds is 6. The van der Waals surface area contributed by atoms with Gasteiger partial charge in [0.25, 0.3) is 0 Å². The molecule has 1 heterocycles. The highest BCUT2D eigenvalue weighted by Gasteiger charge is 2.22. The molecule has 2 rings (SSSR count). The molecule has 0 atom stereocenters. The highest BCUT2D eigenvalue weighted by atomic mass is 32.2. The number of carbonyl (C=O) groups excluding carboxylic acids is 1. The first-order chi connectivity index (χ1) is 10.4. The fraction of sp³-hybridized carbons (Fsp3) is 0.533. The number of anilines is 1. The summed E-state index contributed by atoms with van der Waals surface area (Å²) in [6, 6.07) is 6.77. The Morgan fingerprint density at radius 2 is 1.82 bits per heavy atom. The molecule has 0 bridgehead atoms. The van der Waals surface area contributed by atoms with Gasteiger partial charge in [-0.2, -0.15) is 0 Å². The number of benzene rings is 1. The molecule has 1 aromatic carbocycles.